The van der Waals surface area contributed by atoms with E-state index in [2.05, 4.69) is 0 Å². The molecular formula is C13H21NO4. The number of carbonyl (C=O) groups is 2. The van der Waals surface area contributed by atoms with Crippen molar-refractivity contribution in [2.75, 3.05) is 13.1 Å². The molecule has 1 aliphatic heterocycles. The smallest absolute Gasteiger partial charge is 0.307 e. The van der Waals surface area contributed by atoms with Gasteiger partial charge in [0.25, 0.3) is 0 Å². The van der Waals surface area contributed by atoms with Crippen LogP contribution < -0.4 is 0 Å². The first kappa shape index (κ1) is 13.3. The molecule has 1 aliphatic carbocycles. The first-order valence-electron chi connectivity index (χ1n) is 6.41. The van der Waals surface area contributed by atoms with Crippen LogP contribution in [0.3, 0.4) is 0 Å². The van der Waals surface area contributed by atoms with Crippen LogP contribution in [0.2, 0.25) is 0 Å². The van der Waals surface area contributed by atoms with Crippen LogP contribution >= 0.6 is 0 Å². The molecule has 1 heterocycles. The molecule has 2 fully saturated rings. The normalized spacial score (nSPS) is 33.0. The van der Waals surface area contributed by atoms with Crippen LogP contribution in [-0.2, 0) is 9.59 Å². The van der Waals surface area contributed by atoms with E-state index < -0.39 is 28.8 Å². The Morgan fingerprint density at radius 3 is 2.00 bits per heavy atom. The minimum absolute atomic E-state index is 0.0668. The zero-order chi connectivity index (χ0) is 13.7. The fourth-order valence-corrected chi connectivity index (χ4v) is 2.97. The summed E-state index contributed by atoms with van der Waals surface area (Å²) in [6.45, 7) is 6.47. The van der Waals surface area contributed by atoms with E-state index in [1.54, 1.807) is 11.8 Å². The number of piperidine rings is 1. The van der Waals surface area contributed by atoms with Gasteiger partial charge in [-0.1, -0.05) is 13.8 Å². The Morgan fingerprint density at radius 1 is 1.11 bits per heavy atom. The average molecular weight is 255 g/mol. The first-order chi connectivity index (χ1) is 8.17. The first-order valence-corrected chi connectivity index (χ1v) is 6.41. The molecule has 102 valence electrons. The maximum absolute atomic E-state index is 12.3. The van der Waals surface area contributed by atoms with Gasteiger partial charge >= 0.3 is 5.97 Å². The standard InChI is InChI=1S/C13H21NO4/c1-12(2)8(9(12)11(16)17)10(15)14-6-4-13(3,18)5-7-14/h8-9,18H,4-7H2,1-3H3,(H,16,17)/t8-,9+/m1/s1. The summed E-state index contributed by atoms with van der Waals surface area (Å²) in [4.78, 5) is 25.1. The van der Waals surface area contributed by atoms with E-state index in [-0.39, 0.29) is 5.91 Å². The van der Waals surface area contributed by atoms with Crippen molar-refractivity contribution < 1.29 is 19.8 Å². The molecule has 0 unspecified atom stereocenters. The van der Waals surface area contributed by atoms with E-state index in [1.807, 2.05) is 13.8 Å². The van der Waals surface area contributed by atoms with Crippen LogP contribution in [0.15, 0.2) is 0 Å². The van der Waals surface area contributed by atoms with Crippen molar-refractivity contribution >= 4 is 11.9 Å². The van der Waals surface area contributed by atoms with E-state index in [0.717, 1.165) is 0 Å². The molecule has 5 heteroatoms. The predicted octanol–water partition coefficient (Wildman–Crippen LogP) is 0.717. The fourth-order valence-electron chi connectivity index (χ4n) is 2.97. The number of aliphatic carboxylic acids is 1. The lowest BCUT2D eigenvalue weighted by molar-refractivity contribution is -0.143. The molecule has 2 aliphatic rings. The van der Waals surface area contributed by atoms with Crippen LogP contribution in [0.5, 0.6) is 0 Å². The molecule has 0 aromatic carbocycles. The lowest BCUT2D eigenvalue weighted by Crippen LogP contribution is -2.46. The molecule has 1 saturated carbocycles. The Labute approximate surface area is 107 Å². The summed E-state index contributed by atoms with van der Waals surface area (Å²) in [6.07, 6.45) is 1.12. The molecule has 2 rings (SSSR count). The number of nitrogens with zero attached hydrogens (tertiary/aromatic N) is 1. The monoisotopic (exact) mass is 255 g/mol. The second kappa shape index (κ2) is 3.95. The summed E-state index contributed by atoms with van der Waals surface area (Å²) in [5, 5.41) is 18.9. The molecule has 0 radical (unpaired) electrons. The van der Waals surface area contributed by atoms with Gasteiger partial charge in [-0.2, -0.15) is 0 Å². The Bertz CT molecular complexity index is 378. The largest absolute Gasteiger partial charge is 0.481 e. The van der Waals surface area contributed by atoms with E-state index >= 15 is 0 Å². The fraction of sp³-hybridized carbons (Fsp3) is 0.846. The highest BCUT2D eigenvalue weighted by Gasteiger charge is 2.66. The molecule has 0 aromatic heterocycles. The summed E-state index contributed by atoms with van der Waals surface area (Å²) in [5.74, 6) is -1.92. The average Bonchev–Trinajstić information content (AvgIpc) is 2.80. The highest BCUT2D eigenvalue weighted by Crippen LogP contribution is 2.59. The number of hydrogen-bond donors (Lipinski definition) is 2. The van der Waals surface area contributed by atoms with Gasteiger partial charge < -0.3 is 15.1 Å². The van der Waals surface area contributed by atoms with E-state index in [1.165, 1.54) is 0 Å². The SMILES string of the molecule is CC1(O)CCN(C(=O)[C@H]2[C@@H](C(=O)O)C2(C)C)CC1. The number of aliphatic hydroxyl groups is 1. The van der Waals surface area contributed by atoms with Gasteiger partial charge in [0, 0.05) is 13.1 Å². The molecule has 1 amide bonds. The second-order valence-corrected chi connectivity index (χ2v) is 6.44. The quantitative estimate of drug-likeness (QED) is 0.762. The summed E-state index contributed by atoms with van der Waals surface area (Å²) < 4.78 is 0. The molecular weight excluding hydrogens is 234 g/mol. The van der Waals surface area contributed by atoms with Crippen molar-refractivity contribution in [2.45, 2.75) is 39.2 Å². The maximum Gasteiger partial charge on any atom is 0.307 e. The minimum Gasteiger partial charge on any atom is -0.481 e. The van der Waals surface area contributed by atoms with Gasteiger partial charge in [-0.3, -0.25) is 9.59 Å². The molecule has 1 saturated heterocycles. The Morgan fingerprint density at radius 2 is 1.61 bits per heavy atom. The van der Waals surface area contributed by atoms with Gasteiger partial charge in [0.05, 0.1) is 17.4 Å². The number of likely N-dealkylation sites (tertiary alicyclic amines) is 1. The number of carbonyl (C=O) groups excluding carboxylic acids is 1. The lowest BCUT2D eigenvalue weighted by Gasteiger charge is -2.36. The van der Waals surface area contributed by atoms with Gasteiger partial charge in [0.2, 0.25) is 5.91 Å². The van der Waals surface area contributed by atoms with Crippen LogP contribution in [0.4, 0.5) is 0 Å². The predicted molar refractivity (Wildman–Crippen MR) is 64.8 cm³/mol. The van der Waals surface area contributed by atoms with Crippen LogP contribution in [0.1, 0.15) is 33.6 Å². The van der Waals surface area contributed by atoms with Crippen LogP contribution in [0, 0.1) is 17.3 Å². The van der Waals surface area contributed by atoms with Crippen LogP contribution in [0.25, 0.3) is 0 Å². The molecule has 0 bridgehead atoms. The van der Waals surface area contributed by atoms with Crippen molar-refractivity contribution in [3.05, 3.63) is 0 Å². The third kappa shape index (κ3) is 2.11. The maximum atomic E-state index is 12.3. The molecule has 2 N–H and O–H groups in total. The summed E-state index contributed by atoms with van der Waals surface area (Å²) in [7, 11) is 0. The van der Waals surface area contributed by atoms with Crippen molar-refractivity contribution in [2.24, 2.45) is 17.3 Å². The van der Waals surface area contributed by atoms with Gasteiger partial charge in [-0.15, -0.1) is 0 Å². The molecule has 5 nitrogen and oxygen atoms in total. The number of hydrogen-bond acceptors (Lipinski definition) is 3. The zero-order valence-corrected chi connectivity index (χ0v) is 11.1. The summed E-state index contributed by atoms with van der Waals surface area (Å²) >= 11 is 0. The van der Waals surface area contributed by atoms with Crippen molar-refractivity contribution in [1.29, 1.82) is 0 Å². The van der Waals surface area contributed by atoms with Gasteiger partial charge in [-0.05, 0) is 25.2 Å². The Hall–Kier alpha value is -1.10. The van der Waals surface area contributed by atoms with Crippen molar-refractivity contribution in [3.63, 3.8) is 0 Å². The van der Waals surface area contributed by atoms with Gasteiger partial charge in [-0.25, -0.2) is 0 Å². The second-order valence-electron chi connectivity index (χ2n) is 6.44. The zero-order valence-electron chi connectivity index (χ0n) is 11.1. The van der Waals surface area contributed by atoms with Crippen molar-refractivity contribution in [3.8, 4) is 0 Å². The number of carboxylic acids is 1. The lowest BCUT2D eigenvalue weighted by atomic mass is 9.93. The Kier molecular flexibility index (Phi) is 2.93. The van der Waals surface area contributed by atoms with Crippen LogP contribution in [-0.4, -0.2) is 45.7 Å². The molecule has 18 heavy (non-hydrogen) atoms. The molecule has 0 spiro atoms. The minimum atomic E-state index is -0.887. The molecule has 0 aromatic rings. The number of rotatable bonds is 2. The highest BCUT2D eigenvalue weighted by molar-refractivity contribution is 5.91. The van der Waals surface area contributed by atoms with Gasteiger partial charge in [0.15, 0.2) is 0 Å². The third-order valence-electron chi connectivity index (χ3n) is 4.51. The van der Waals surface area contributed by atoms with E-state index in [4.69, 9.17) is 5.11 Å². The summed E-state index contributed by atoms with van der Waals surface area (Å²) in [5.41, 5.74) is -1.13. The van der Waals surface area contributed by atoms with Crippen molar-refractivity contribution in [1.82, 2.24) is 4.90 Å². The van der Waals surface area contributed by atoms with E-state index in [0.29, 0.717) is 25.9 Å². The number of amides is 1. The number of carboxylic acid groups (broad SMARTS) is 1. The van der Waals surface area contributed by atoms with E-state index in [9.17, 15) is 14.7 Å². The Balaban J connectivity index is 2.00. The molecule has 2 atom stereocenters. The van der Waals surface area contributed by atoms with Gasteiger partial charge in [0.1, 0.15) is 0 Å². The third-order valence-corrected chi connectivity index (χ3v) is 4.51. The topological polar surface area (TPSA) is 77.8 Å². The summed E-state index contributed by atoms with van der Waals surface area (Å²) in [6, 6.07) is 0. The highest BCUT2D eigenvalue weighted by atomic mass is 16.4.